The molecule has 0 aliphatic carbocycles. The Hall–Kier alpha value is -1.26. The van der Waals surface area contributed by atoms with Crippen molar-refractivity contribution in [2.24, 2.45) is 5.92 Å². The highest BCUT2D eigenvalue weighted by Gasteiger charge is 2.15. The molecule has 0 aliphatic rings. The summed E-state index contributed by atoms with van der Waals surface area (Å²) < 4.78 is 0. The quantitative estimate of drug-likeness (QED) is 0.876. The van der Waals surface area contributed by atoms with E-state index in [0.717, 1.165) is 0 Å². The first-order valence-corrected chi connectivity index (χ1v) is 6.09. The van der Waals surface area contributed by atoms with Crippen LogP contribution in [0.1, 0.15) is 18.9 Å². The zero-order valence-corrected chi connectivity index (χ0v) is 11.3. The average Bonchev–Trinajstić information content (AvgIpc) is 2.31. The van der Waals surface area contributed by atoms with Crippen LogP contribution in [-0.4, -0.2) is 17.0 Å². The Morgan fingerprint density at radius 3 is 2.67 bits per heavy atom. The largest absolute Gasteiger partial charge is 0.481 e. The minimum atomic E-state index is -0.995. The first kappa shape index (κ1) is 14.8. The minimum Gasteiger partial charge on any atom is -0.481 e. The summed E-state index contributed by atoms with van der Waals surface area (Å²) >= 11 is 11.8. The molecule has 0 saturated heterocycles. The van der Waals surface area contributed by atoms with Gasteiger partial charge in [0.2, 0.25) is 5.91 Å². The lowest BCUT2D eigenvalue weighted by molar-refractivity contribution is -0.143. The first-order valence-electron chi connectivity index (χ1n) is 5.34. The van der Waals surface area contributed by atoms with Crippen molar-refractivity contribution in [1.29, 1.82) is 0 Å². The van der Waals surface area contributed by atoms with E-state index in [1.807, 2.05) is 0 Å². The maximum Gasteiger partial charge on any atom is 0.306 e. The molecule has 0 fully saturated rings. The van der Waals surface area contributed by atoms with E-state index >= 15 is 0 Å². The molecule has 1 rings (SSSR count). The Kier molecular flexibility index (Phi) is 5.44. The molecule has 4 nitrogen and oxygen atoms in total. The topological polar surface area (TPSA) is 66.4 Å². The number of hydrogen-bond donors (Lipinski definition) is 2. The van der Waals surface area contributed by atoms with Crippen molar-refractivity contribution >= 4 is 35.1 Å². The van der Waals surface area contributed by atoms with E-state index in [4.69, 9.17) is 28.3 Å². The molecule has 2 N–H and O–H groups in total. The summed E-state index contributed by atoms with van der Waals surface area (Å²) in [6.07, 6.45) is -0.0620. The predicted octanol–water partition coefficient (Wildman–Crippen LogP) is 2.72. The smallest absolute Gasteiger partial charge is 0.306 e. The molecular weight excluding hydrogens is 277 g/mol. The second kappa shape index (κ2) is 6.61. The zero-order valence-electron chi connectivity index (χ0n) is 9.74. The number of carbonyl (C=O) groups excluding carboxylic acids is 1. The second-order valence-electron chi connectivity index (χ2n) is 3.93. The molecule has 0 radical (unpaired) electrons. The van der Waals surface area contributed by atoms with Crippen LogP contribution in [-0.2, 0) is 16.1 Å². The molecule has 0 aromatic heterocycles. The van der Waals surface area contributed by atoms with Gasteiger partial charge < -0.3 is 10.4 Å². The average molecular weight is 290 g/mol. The summed E-state index contributed by atoms with van der Waals surface area (Å²) in [5, 5.41) is 12.1. The van der Waals surface area contributed by atoms with Gasteiger partial charge in [-0.2, -0.15) is 0 Å². The van der Waals surface area contributed by atoms with Gasteiger partial charge in [-0.25, -0.2) is 0 Å². The maximum absolute atomic E-state index is 11.5. The van der Waals surface area contributed by atoms with Crippen LogP contribution in [0, 0.1) is 5.92 Å². The van der Waals surface area contributed by atoms with Gasteiger partial charge in [0.1, 0.15) is 0 Å². The van der Waals surface area contributed by atoms with Gasteiger partial charge in [-0.3, -0.25) is 9.59 Å². The van der Waals surface area contributed by atoms with E-state index in [0.29, 0.717) is 15.6 Å². The number of rotatable bonds is 5. The third kappa shape index (κ3) is 4.20. The third-order valence-corrected chi connectivity index (χ3v) is 3.28. The van der Waals surface area contributed by atoms with Crippen LogP contribution in [0.15, 0.2) is 18.2 Å². The molecule has 18 heavy (non-hydrogen) atoms. The van der Waals surface area contributed by atoms with Crippen molar-refractivity contribution in [2.75, 3.05) is 0 Å². The molecule has 98 valence electrons. The van der Waals surface area contributed by atoms with Crippen LogP contribution in [0.2, 0.25) is 10.0 Å². The maximum atomic E-state index is 11.5. The van der Waals surface area contributed by atoms with Gasteiger partial charge in [0, 0.05) is 13.0 Å². The van der Waals surface area contributed by atoms with Gasteiger partial charge in [-0.1, -0.05) is 42.3 Å². The number of hydrogen-bond acceptors (Lipinski definition) is 2. The van der Waals surface area contributed by atoms with Crippen molar-refractivity contribution in [3.05, 3.63) is 33.8 Å². The Morgan fingerprint density at radius 1 is 1.39 bits per heavy atom. The van der Waals surface area contributed by atoms with Crippen molar-refractivity contribution in [3.8, 4) is 0 Å². The summed E-state index contributed by atoms with van der Waals surface area (Å²) in [7, 11) is 0. The van der Waals surface area contributed by atoms with E-state index in [2.05, 4.69) is 5.32 Å². The second-order valence-corrected chi connectivity index (χ2v) is 4.72. The van der Waals surface area contributed by atoms with Crippen LogP contribution in [0.3, 0.4) is 0 Å². The van der Waals surface area contributed by atoms with Crippen molar-refractivity contribution in [2.45, 2.75) is 19.9 Å². The van der Waals surface area contributed by atoms with E-state index in [9.17, 15) is 9.59 Å². The standard InChI is InChI=1S/C12H13Cl2NO3/c1-7(12(17)18)5-10(16)15-6-8-3-2-4-9(13)11(8)14/h2-4,7H,5-6H2,1H3,(H,15,16)(H,17,18). The van der Waals surface area contributed by atoms with Gasteiger partial charge in [0.15, 0.2) is 0 Å². The molecule has 1 atom stereocenters. The molecule has 0 bridgehead atoms. The molecule has 6 heteroatoms. The molecule has 0 aliphatic heterocycles. The number of carbonyl (C=O) groups is 2. The molecule has 1 aromatic rings. The summed E-state index contributed by atoms with van der Waals surface area (Å²) in [4.78, 5) is 22.1. The highest BCUT2D eigenvalue weighted by Crippen LogP contribution is 2.25. The number of benzene rings is 1. The molecule has 0 saturated carbocycles. The number of nitrogens with one attached hydrogen (secondary N) is 1. The Labute approximate surface area is 115 Å². The number of carboxylic acids is 1. The van der Waals surface area contributed by atoms with Crippen molar-refractivity contribution in [1.82, 2.24) is 5.32 Å². The monoisotopic (exact) mass is 289 g/mol. The number of aliphatic carboxylic acids is 1. The van der Waals surface area contributed by atoms with Crippen molar-refractivity contribution in [3.63, 3.8) is 0 Å². The summed E-state index contributed by atoms with van der Waals surface area (Å²) in [5.74, 6) is -2.04. The fourth-order valence-electron chi connectivity index (χ4n) is 1.32. The molecule has 0 spiro atoms. The van der Waals surface area contributed by atoms with Gasteiger partial charge in [0.25, 0.3) is 0 Å². The van der Waals surface area contributed by atoms with E-state index < -0.39 is 11.9 Å². The Balaban J connectivity index is 2.53. The van der Waals surface area contributed by atoms with Crippen LogP contribution >= 0.6 is 23.2 Å². The number of amides is 1. The fraction of sp³-hybridized carbons (Fsp3) is 0.333. The molecular formula is C12H13Cl2NO3. The lowest BCUT2D eigenvalue weighted by atomic mass is 10.1. The summed E-state index contributed by atoms with van der Waals surface area (Å²) in [5.41, 5.74) is 0.695. The third-order valence-electron chi connectivity index (χ3n) is 2.42. The van der Waals surface area contributed by atoms with Gasteiger partial charge in [-0.05, 0) is 11.6 Å². The van der Waals surface area contributed by atoms with Gasteiger partial charge in [-0.15, -0.1) is 0 Å². The lowest BCUT2D eigenvalue weighted by Crippen LogP contribution is -2.26. The van der Waals surface area contributed by atoms with Gasteiger partial charge in [0.05, 0.1) is 16.0 Å². The predicted molar refractivity (Wildman–Crippen MR) is 69.7 cm³/mol. The van der Waals surface area contributed by atoms with E-state index in [1.54, 1.807) is 18.2 Å². The summed E-state index contributed by atoms with van der Waals surface area (Å²) in [6.45, 7) is 1.71. The van der Waals surface area contributed by atoms with Crippen LogP contribution < -0.4 is 5.32 Å². The number of carboxylic acid groups (broad SMARTS) is 1. The Morgan fingerprint density at radius 2 is 2.06 bits per heavy atom. The number of halogens is 2. The van der Waals surface area contributed by atoms with E-state index in [-0.39, 0.29) is 18.9 Å². The van der Waals surface area contributed by atoms with Crippen molar-refractivity contribution < 1.29 is 14.7 Å². The molecule has 1 amide bonds. The van der Waals surface area contributed by atoms with Crippen LogP contribution in [0.4, 0.5) is 0 Å². The SMILES string of the molecule is CC(CC(=O)NCc1cccc(Cl)c1Cl)C(=O)O. The highest BCUT2D eigenvalue weighted by molar-refractivity contribution is 6.42. The minimum absolute atomic E-state index is 0.0620. The zero-order chi connectivity index (χ0) is 13.7. The van der Waals surface area contributed by atoms with Crippen LogP contribution in [0.5, 0.6) is 0 Å². The van der Waals surface area contributed by atoms with Crippen LogP contribution in [0.25, 0.3) is 0 Å². The molecule has 1 aromatic carbocycles. The molecule has 1 unspecified atom stereocenters. The van der Waals surface area contributed by atoms with Gasteiger partial charge >= 0.3 is 5.97 Å². The Bertz CT molecular complexity index is 463. The molecule has 0 heterocycles. The summed E-state index contributed by atoms with van der Waals surface area (Å²) in [6, 6.07) is 5.13. The fourth-order valence-corrected chi connectivity index (χ4v) is 1.70. The van der Waals surface area contributed by atoms with E-state index in [1.165, 1.54) is 6.92 Å². The normalized spacial score (nSPS) is 11.9. The first-order chi connectivity index (χ1) is 8.41. The highest BCUT2D eigenvalue weighted by atomic mass is 35.5. The lowest BCUT2D eigenvalue weighted by Gasteiger charge is -2.09.